The molecule has 0 heterocycles. The van der Waals surface area contributed by atoms with E-state index >= 15 is 0 Å². The Morgan fingerprint density at radius 1 is 1.25 bits per heavy atom. The van der Waals surface area contributed by atoms with Crippen molar-refractivity contribution >= 4 is 0 Å². The minimum absolute atomic E-state index is 0.0586. The summed E-state index contributed by atoms with van der Waals surface area (Å²) in [7, 11) is 0. The van der Waals surface area contributed by atoms with Gasteiger partial charge in [0.25, 0.3) is 0 Å². The summed E-state index contributed by atoms with van der Waals surface area (Å²) >= 11 is 0. The van der Waals surface area contributed by atoms with Gasteiger partial charge in [0.05, 0.1) is 6.10 Å². The summed E-state index contributed by atoms with van der Waals surface area (Å²) in [4.78, 5) is 0. The first-order valence-electron chi connectivity index (χ1n) is 6.46. The summed E-state index contributed by atoms with van der Waals surface area (Å²) in [5.74, 6) is -0.273. The molecule has 3 nitrogen and oxygen atoms in total. The first-order valence-corrected chi connectivity index (χ1v) is 6.46. The first-order chi connectivity index (χ1) is 9.61. The fourth-order valence-electron chi connectivity index (χ4n) is 2.00. The Balaban J connectivity index is 2.16. The molecule has 0 fully saturated rings. The van der Waals surface area contributed by atoms with Gasteiger partial charge in [0.2, 0.25) is 0 Å². The van der Waals surface area contributed by atoms with Crippen LogP contribution >= 0.6 is 0 Å². The van der Waals surface area contributed by atoms with Crippen molar-refractivity contribution in [3.05, 3.63) is 65.0 Å². The molecule has 0 aromatic heterocycles. The summed E-state index contributed by atoms with van der Waals surface area (Å²) in [6.45, 7) is 2.11. The molecule has 0 spiro atoms. The highest BCUT2D eigenvalue weighted by Crippen LogP contribution is 2.27. The van der Waals surface area contributed by atoms with Gasteiger partial charge in [-0.25, -0.2) is 4.39 Å². The lowest BCUT2D eigenvalue weighted by atomic mass is 10.1. The molecule has 0 aliphatic heterocycles. The predicted octanol–water partition coefficient (Wildman–Crippen LogP) is 2.71. The van der Waals surface area contributed by atoms with Crippen molar-refractivity contribution in [1.29, 1.82) is 0 Å². The average Bonchev–Trinajstić information content (AvgIpc) is 2.46. The molecule has 0 aliphatic carbocycles. The third-order valence-electron chi connectivity index (χ3n) is 3.09. The van der Waals surface area contributed by atoms with E-state index in [4.69, 9.17) is 10.5 Å². The third kappa shape index (κ3) is 3.35. The number of aliphatic hydroxyl groups is 1. The Hall–Kier alpha value is -1.91. The SMILES string of the molecule is Cc1cc(C(O)CN)cc(F)c1OCc1ccccc1. The second-order valence-corrected chi connectivity index (χ2v) is 4.67. The number of ether oxygens (including phenoxy) is 1. The van der Waals surface area contributed by atoms with Crippen molar-refractivity contribution < 1.29 is 14.2 Å². The van der Waals surface area contributed by atoms with E-state index in [0.29, 0.717) is 17.7 Å². The summed E-state index contributed by atoms with van der Waals surface area (Å²) in [5.41, 5.74) is 7.45. The standard InChI is InChI=1S/C16H18FNO2/c1-11-7-13(15(19)9-18)8-14(17)16(11)20-10-12-5-3-2-4-6-12/h2-8,15,19H,9-10,18H2,1H3. The van der Waals surface area contributed by atoms with Crippen molar-refractivity contribution in [3.63, 3.8) is 0 Å². The van der Waals surface area contributed by atoms with Gasteiger partial charge in [-0.15, -0.1) is 0 Å². The minimum Gasteiger partial charge on any atom is -0.486 e. The number of benzene rings is 2. The van der Waals surface area contributed by atoms with Crippen molar-refractivity contribution in [2.45, 2.75) is 19.6 Å². The molecule has 20 heavy (non-hydrogen) atoms. The smallest absolute Gasteiger partial charge is 0.165 e. The van der Waals surface area contributed by atoms with Gasteiger partial charge in [0.15, 0.2) is 11.6 Å². The van der Waals surface area contributed by atoms with E-state index in [2.05, 4.69) is 0 Å². The van der Waals surface area contributed by atoms with E-state index in [1.165, 1.54) is 6.07 Å². The fraction of sp³-hybridized carbons (Fsp3) is 0.250. The zero-order valence-electron chi connectivity index (χ0n) is 11.3. The van der Waals surface area contributed by atoms with Crippen molar-refractivity contribution in [1.82, 2.24) is 0 Å². The van der Waals surface area contributed by atoms with Crippen molar-refractivity contribution in [3.8, 4) is 5.75 Å². The first kappa shape index (κ1) is 14.5. The molecule has 2 aromatic carbocycles. The third-order valence-corrected chi connectivity index (χ3v) is 3.09. The Labute approximate surface area is 117 Å². The fourth-order valence-corrected chi connectivity index (χ4v) is 2.00. The highest BCUT2D eigenvalue weighted by Gasteiger charge is 2.13. The normalized spacial score (nSPS) is 12.2. The summed E-state index contributed by atoms with van der Waals surface area (Å²) in [6.07, 6.45) is -0.855. The number of halogens is 1. The monoisotopic (exact) mass is 275 g/mol. The zero-order chi connectivity index (χ0) is 14.5. The molecule has 106 valence electrons. The van der Waals surface area contributed by atoms with Crippen LogP contribution in [0.2, 0.25) is 0 Å². The van der Waals surface area contributed by atoms with E-state index in [1.807, 2.05) is 30.3 Å². The van der Waals surface area contributed by atoms with Crippen LogP contribution in [0.4, 0.5) is 4.39 Å². The number of aryl methyl sites for hydroxylation is 1. The lowest BCUT2D eigenvalue weighted by Crippen LogP contribution is -2.12. The quantitative estimate of drug-likeness (QED) is 0.882. The van der Waals surface area contributed by atoms with Gasteiger partial charge in [-0.05, 0) is 35.7 Å². The summed E-state index contributed by atoms with van der Waals surface area (Å²) in [6, 6.07) is 12.5. The van der Waals surface area contributed by atoms with Crippen LogP contribution in [0, 0.1) is 12.7 Å². The van der Waals surface area contributed by atoms with Crippen LogP contribution in [0.25, 0.3) is 0 Å². The van der Waals surface area contributed by atoms with Crippen molar-refractivity contribution in [2.75, 3.05) is 6.54 Å². The van der Waals surface area contributed by atoms with Crippen LogP contribution in [-0.4, -0.2) is 11.7 Å². The number of aliphatic hydroxyl groups excluding tert-OH is 1. The summed E-state index contributed by atoms with van der Waals surface area (Å²) in [5, 5.41) is 9.64. The molecule has 0 amide bonds. The van der Waals surface area contributed by atoms with Gasteiger partial charge in [-0.2, -0.15) is 0 Å². The highest BCUT2D eigenvalue weighted by molar-refractivity contribution is 5.39. The maximum atomic E-state index is 14.0. The maximum absolute atomic E-state index is 14.0. The molecule has 1 atom stereocenters. The molecular formula is C16H18FNO2. The van der Waals surface area contributed by atoms with Gasteiger partial charge in [0, 0.05) is 6.54 Å². The van der Waals surface area contributed by atoms with Gasteiger partial charge >= 0.3 is 0 Å². The maximum Gasteiger partial charge on any atom is 0.165 e. The second kappa shape index (κ2) is 6.50. The van der Waals surface area contributed by atoms with Crippen LogP contribution in [0.5, 0.6) is 5.75 Å². The Kier molecular flexibility index (Phi) is 4.71. The minimum atomic E-state index is -0.855. The Morgan fingerprint density at radius 3 is 2.55 bits per heavy atom. The highest BCUT2D eigenvalue weighted by atomic mass is 19.1. The molecule has 0 saturated carbocycles. The molecule has 2 aromatic rings. The van der Waals surface area contributed by atoms with Gasteiger partial charge in [-0.3, -0.25) is 0 Å². The molecule has 0 radical (unpaired) electrons. The van der Waals surface area contributed by atoms with E-state index in [1.54, 1.807) is 13.0 Å². The number of hydrogen-bond donors (Lipinski definition) is 2. The van der Waals surface area contributed by atoms with Crippen LogP contribution < -0.4 is 10.5 Å². The van der Waals surface area contributed by atoms with E-state index in [0.717, 1.165) is 5.56 Å². The summed E-state index contributed by atoms with van der Waals surface area (Å²) < 4.78 is 19.6. The van der Waals surface area contributed by atoms with Gasteiger partial charge in [0.1, 0.15) is 6.61 Å². The van der Waals surface area contributed by atoms with E-state index in [9.17, 15) is 9.50 Å². The molecule has 0 aliphatic rings. The molecule has 0 bridgehead atoms. The molecule has 2 rings (SSSR count). The van der Waals surface area contributed by atoms with Gasteiger partial charge < -0.3 is 15.6 Å². The van der Waals surface area contributed by atoms with Crippen molar-refractivity contribution in [2.24, 2.45) is 5.73 Å². The topological polar surface area (TPSA) is 55.5 Å². The van der Waals surface area contributed by atoms with Crippen LogP contribution in [0.15, 0.2) is 42.5 Å². The average molecular weight is 275 g/mol. The molecule has 3 N–H and O–H groups in total. The van der Waals surface area contributed by atoms with Crippen LogP contribution in [0.1, 0.15) is 22.8 Å². The Morgan fingerprint density at radius 2 is 1.95 bits per heavy atom. The lowest BCUT2D eigenvalue weighted by Gasteiger charge is -2.14. The van der Waals surface area contributed by atoms with E-state index < -0.39 is 11.9 Å². The largest absolute Gasteiger partial charge is 0.486 e. The molecule has 1 unspecified atom stereocenters. The Bertz CT molecular complexity index is 549. The van der Waals surface area contributed by atoms with Crippen LogP contribution in [-0.2, 0) is 6.61 Å². The van der Waals surface area contributed by atoms with Gasteiger partial charge in [-0.1, -0.05) is 30.3 Å². The molecule has 4 heteroatoms. The lowest BCUT2D eigenvalue weighted by molar-refractivity contribution is 0.185. The number of hydrogen-bond acceptors (Lipinski definition) is 3. The predicted molar refractivity (Wildman–Crippen MR) is 75.9 cm³/mol. The second-order valence-electron chi connectivity index (χ2n) is 4.67. The van der Waals surface area contributed by atoms with E-state index in [-0.39, 0.29) is 12.3 Å². The number of nitrogens with two attached hydrogens (primary N) is 1. The number of rotatable bonds is 5. The van der Waals surface area contributed by atoms with Crippen LogP contribution in [0.3, 0.4) is 0 Å². The zero-order valence-corrected chi connectivity index (χ0v) is 11.3. The molecular weight excluding hydrogens is 257 g/mol. The molecule has 0 saturated heterocycles.